The van der Waals surface area contributed by atoms with E-state index in [9.17, 15) is 14.3 Å². The van der Waals surface area contributed by atoms with Gasteiger partial charge in [-0.2, -0.15) is 0 Å². The maximum atomic E-state index is 14.6. The molecule has 1 aliphatic heterocycles. The number of aliphatic hydroxyl groups is 1. The molecule has 10 heteroatoms. The smallest absolute Gasteiger partial charge is 0.270 e. The lowest BCUT2D eigenvalue weighted by atomic mass is 9.97. The van der Waals surface area contributed by atoms with Gasteiger partial charge in [-0.1, -0.05) is 0 Å². The third kappa shape index (κ3) is 4.24. The second kappa shape index (κ2) is 9.22. The monoisotopic (exact) mass is 465 g/mol. The lowest BCUT2D eigenvalue weighted by Gasteiger charge is -2.37. The van der Waals surface area contributed by atoms with E-state index in [1.165, 1.54) is 19.3 Å². The Balaban J connectivity index is 1.86. The fraction of sp³-hybridized carbons (Fsp3) is 0.333. The van der Waals surface area contributed by atoms with Crippen LogP contribution in [0.15, 0.2) is 47.6 Å². The number of carbonyl (C=O) groups excluding carboxylic acids is 1. The van der Waals surface area contributed by atoms with Crippen LogP contribution in [-0.2, 0) is 0 Å². The number of aliphatic hydroxyl groups excluding tert-OH is 1. The van der Waals surface area contributed by atoms with Crippen molar-refractivity contribution in [3.05, 3.63) is 59.2 Å². The number of carbonyl (C=O) groups is 1. The van der Waals surface area contributed by atoms with Crippen molar-refractivity contribution in [3.63, 3.8) is 0 Å². The Hall–Kier alpha value is -3.79. The molecule has 0 bridgehead atoms. The van der Waals surface area contributed by atoms with E-state index >= 15 is 0 Å². The summed E-state index contributed by atoms with van der Waals surface area (Å²) >= 11 is 0. The predicted octanol–water partition coefficient (Wildman–Crippen LogP) is 2.44. The largest absolute Gasteiger partial charge is 0.504 e. The summed E-state index contributed by atoms with van der Waals surface area (Å²) in [5.74, 6) is -2.25. The normalized spacial score (nSPS) is 22.3. The highest BCUT2D eigenvalue weighted by Crippen LogP contribution is 2.33. The minimum absolute atomic E-state index is 0.00381. The van der Waals surface area contributed by atoms with E-state index in [1.807, 2.05) is 12.1 Å². The van der Waals surface area contributed by atoms with Crippen molar-refractivity contribution < 1.29 is 14.3 Å². The minimum atomic E-state index is -1.08. The third-order valence-electron chi connectivity index (χ3n) is 5.86. The van der Waals surface area contributed by atoms with Crippen LogP contribution >= 0.6 is 0 Å². The fourth-order valence-electron chi connectivity index (χ4n) is 4.36. The van der Waals surface area contributed by atoms with E-state index in [2.05, 4.69) is 44.7 Å². The maximum Gasteiger partial charge on any atom is 0.270 e. The molecule has 9 nitrogen and oxygen atoms in total. The van der Waals surface area contributed by atoms with Crippen molar-refractivity contribution >= 4 is 33.8 Å². The maximum absolute atomic E-state index is 14.6. The van der Waals surface area contributed by atoms with Gasteiger partial charge in [-0.3, -0.25) is 10.2 Å². The van der Waals surface area contributed by atoms with E-state index in [1.54, 1.807) is 13.1 Å². The van der Waals surface area contributed by atoms with Crippen molar-refractivity contribution in [2.45, 2.75) is 25.9 Å². The van der Waals surface area contributed by atoms with Crippen LogP contribution in [0.25, 0.3) is 16.5 Å². The number of nitrogens with zero attached hydrogens (tertiary/aromatic N) is 3. The minimum Gasteiger partial charge on any atom is -0.504 e. The molecule has 4 rings (SSSR count). The van der Waals surface area contributed by atoms with Gasteiger partial charge in [0.15, 0.2) is 17.4 Å². The zero-order valence-corrected chi connectivity index (χ0v) is 19.5. The Morgan fingerprint density at radius 1 is 1.26 bits per heavy atom. The van der Waals surface area contributed by atoms with Gasteiger partial charge in [-0.15, -0.1) is 0 Å². The van der Waals surface area contributed by atoms with Gasteiger partial charge < -0.3 is 26.0 Å². The third-order valence-corrected chi connectivity index (χ3v) is 5.86. The summed E-state index contributed by atoms with van der Waals surface area (Å²) in [7, 11) is 3.13. The summed E-state index contributed by atoms with van der Waals surface area (Å²) in [6.07, 6.45) is 2.86. The van der Waals surface area contributed by atoms with Gasteiger partial charge >= 0.3 is 0 Å². The van der Waals surface area contributed by atoms with Gasteiger partial charge in [0.1, 0.15) is 11.4 Å². The first-order chi connectivity index (χ1) is 16.2. The van der Waals surface area contributed by atoms with Crippen LogP contribution < -0.4 is 20.9 Å². The molecule has 0 spiro atoms. The van der Waals surface area contributed by atoms with Gasteiger partial charge in [0, 0.05) is 62.1 Å². The van der Waals surface area contributed by atoms with Crippen LogP contribution in [0.3, 0.4) is 0 Å². The summed E-state index contributed by atoms with van der Waals surface area (Å²) in [4.78, 5) is 24.0. The summed E-state index contributed by atoms with van der Waals surface area (Å²) in [5, 5.41) is 27.7. The van der Waals surface area contributed by atoms with E-state index in [-0.39, 0.29) is 22.7 Å². The molecule has 2 unspecified atom stereocenters. The molecule has 2 aromatic rings. The SMILES string of the molecule is CN/C=C1/C=C(c2nc(C(=O)NC)c3cc(N4CC(C)NC(C)C4)ccc3n2)C(O)=C(F)C1=N. The Morgan fingerprint density at radius 2 is 1.97 bits per heavy atom. The van der Waals surface area contributed by atoms with Gasteiger partial charge in [0.05, 0.1) is 11.1 Å². The molecular weight excluding hydrogens is 437 g/mol. The average molecular weight is 466 g/mol. The van der Waals surface area contributed by atoms with Crippen LogP contribution in [0.2, 0.25) is 0 Å². The van der Waals surface area contributed by atoms with Gasteiger partial charge in [0.2, 0.25) is 0 Å². The van der Waals surface area contributed by atoms with Crippen LogP contribution in [-0.4, -0.2) is 66.0 Å². The molecule has 178 valence electrons. The molecule has 0 radical (unpaired) electrons. The second-order valence-electron chi connectivity index (χ2n) is 8.53. The summed E-state index contributed by atoms with van der Waals surface area (Å²) in [6.45, 7) is 5.90. The number of piperazine rings is 1. The second-order valence-corrected chi connectivity index (χ2v) is 8.53. The lowest BCUT2D eigenvalue weighted by molar-refractivity contribution is 0.0959. The van der Waals surface area contributed by atoms with Crippen LogP contribution in [0.4, 0.5) is 10.1 Å². The highest BCUT2D eigenvalue weighted by molar-refractivity contribution is 6.16. The lowest BCUT2D eigenvalue weighted by Crippen LogP contribution is -2.54. The first-order valence-electron chi connectivity index (χ1n) is 11.1. The molecule has 1 fully saturated rings. The highest BCUT2D eigenvalue weighted by Gasteiger charge is 2.28. The molecule has 2 aliphatic rings. The fourth-order valence-corrected chi connectivity index (χ4v) is 4.36. The number of fused-ring (bicyclic) bond motifs is 1. The Labute approximate surface area is 197 Å². The molecular formula is C24H28FN7O2. The molecule has 5 N–H and O–H groups in total. The molecule has 1 aliphatic carbocycles. The number of allylic oxidation sites excluding steroid dienone is 4. The molecule has 1 amide bonds. The van der Waals surface area contributed by atoms with Crippen molar-refractivity contribution in [3.8, 4) is 0 Å². The number of anilines is 1. The topological polar surface area (TPSA) is 126 Å². The predicted molar refractivity (Wildman–Crippen MR) is 131 cm³/mol. The number of nitrogens with one attached hydrogen (secondary N) is 4. The Kier molecular flexibility index (Phi) is 6.34. The van der Waals surface area contributed by atoms with Gasteiger partial charge in [0.25, 0.3) is 5.91 Å². The first kappa shape index (κ1) is 23.4. The quantitative estimate of drug-likeness (QED) is 0.469. The van der Waals surface area contributed by atoms with Gasteiger partial charge in [-0.05, 0) is 38.1 Å². The zero-order chi connectivity index (χ0) is 24.6. The number of rotatable bonds is 4. The number of aromatic nitrogens is 2. The van der Waals surface area contributed by atoms with E-state index in [0.717, 1.165) is 18.8 Å². The van der Waals surface area contributed by atoms with Crippen molar-refractivity contribution in [1.82, 2.24) is 25.9 Å². The summed E-state index contributed by atoms with van der Waals surface area (Å²) in [5.41, 5.74) is 1.32. The zero-order valence-electron chi connectivity index (χ0n) is 19.5. The molecule has 1 aromatic carbocycles. The van der Waals surface area contributed by atoms with Crippen LogP contribution in [0, 0.1) is 5.41 Å². The summed E-state index contributed by atoms with van der Waals surface area (Å²) < 4.78 is 14.6. The van der Waals surface area contributed by atoms with Crippen LogP contribution in [0.5, 0.6) is 0 Å². The van der Waals surface area contributed by atoms with Crippen molar-refractivity contribution in [2.24, 2.45) is 0 Å². The van der Waals surface area contributed by atoms with Gasteiger partial charge in [-0.25, -0.2) is 14.4 Å². The van der Waals surface area contributed by atoms with E-state index < -0.39 is 23.2 Å². The summed E-state index contributed by atoms with van der Waals surface area (Å²) in [6, 6.07) is 6.26. The molecule has 1 saturated heterocycles. The number of hydrogen-bond acceptors (Lipinski definition) is 8. The first-order valence-corrected chi connectivity index (χ1v) is 11.1. The van der Waals surface area contributed by atoms with Crippen LogP contribution in [0.1, 0.15) is 30.2 Å². The molecule has 1 aromatic heterocycles. The number of halogens is 1. The molecule has 0 saturated carbocycles. The molecule has 34 heavy (non-hydrogen) atoms. The van der Waals surface area contributed by atoms with Crippen molar-refractivity contribution in [2.75, 3.05) is 32.1 Å². The number of benzene rings is 1. The Bertz CT molecular complexity index is 1260. The van der Waals surface area contributed by atoms with E-state index in [0.29, 0.717) is 23.0 Å². The highest BCUT2D eigenvalue weighted by atomic mass is 19.1. The number of amides is 1. The standard InChI is InChI=1S/C24H28FN7O2/c1-12-10-32(11-13(2)29-12)15-5-6-18-16(8-15)21(24(34)28-4)31-23(30-18)17-7-14(9-27-3)20(26)19(25)22(17)33/h5-9,12-13,26-27,29,33H,10-11H2,1-4H3,(H,28,34)/b14-9-,26-20?. The average Bonchev–Trinajstić information content (AvgIpc) is 2.82. The van der Waals surface area contributed by atoms with Crippen molar-refractivity contribution in [1.29, 1.82) is 5.41 Å². The Morgan fingerprint density at radius 3 is 2.62 bits per heavy atom. The van der Waals surface area contributed by atoms with E-state index in [4.69, 9.17) is 5.41 Å². The molecule has 2 heterocycles. The molecule has 2 atom stereocenters. The number of hydrogen-bond donors (Lipinski definition) is 5.